The Morgan fingerprint density at radius 3 is 2.81 bits per heavy atom. The van der Waals surface area contributed by atoms with Crippen LogP contribution in [0.3, 0.4) is 0 Å². The molecule has 3 N–H and O–H groups in total. The summed E-state index contributed by atoms with van der Waals surface area (Å²) in [5.74, 6) is -0.140. The van der Waals surface area contributed by atoms with Crippen molar-refractivity contribution in [2.24, 2.45) is 5.73 Å². The molecule has 1 saturated heterocycles. The highest BCUT2D eigenvalue weighted by Crippen LogP contribution is 2.20. The number of hydrogen-bond acceptors (Lipinski definition) is 3. The van der Waals surface area contributed by atoms with Crippen LogP contribution >= 0.6 is 0 Å². The van der Waals surface area contributed by atoms with Gasteiger partial charge in [0, 0.05) is 13.1 Å². The van der Waals surface area contributed by atoms with E-state index in [4.69, 9.17) is 5.73 Å². The number of nitrogens with two attached hydrogens (primary N) is 1. The molecule has 1 aliphatic rings. The Kier molecular flexibility index (Phi) is 6.14. The standard InChI is InChI=1S/C16H24FN3O/c17-14-7-5-13(6-8-14)12-20-11-2-1-4-15(20)16(21)19-10-3-9-18/h5-8,15H,1-4,9-12,18H2,(H,19,21). The summed E-state index contributed by atoms with van der Waals surface area (Å²) < 4.78 is 13.0. The molecule has 1 amide bonds. The Hall–Kier alpha value is -1.46. The number of rotatable bonds is 6. The van der Waals surface area contributed by atoms with Crippen LogP contribution in [0.15, 0.2) is 24.3 Å². The zero-order valence-electron chi connectivity index (χ0n) is 12.4. The molecule has 4 nitrogen and oxygen atoms in total. The SMILES string of the molecule is NCCCNC(=O)C1CCCCN1Cc1ccc(F)cc1. The molecule has 1 fully saturated rings. The number of halogens is 1. The summed E-state index contributed by atoms with van der Waals surface area (Å²) in [5.41, 5.74) is 6.48. The maximum atomic E-state index is 13.0. The second-order valence-corrected chi connectivity index (χ2v) is 5.54. The van der Waals surface area contributed by atoms with Gasteiger partial charge < -0.3 is 11.1 Å². The lowest BCUT2D eigenvalue weighted by atomic mass is 10.0. The first-order chi connectivity index (χ1) is 10.2. The summed E-state index contributed by atoms with van der Waals surface area (Å²) in [6.45, 7) is 2.82. The minimum absolute atomic E-state index is 0.0819. The van der Waals surface area contributed by atoms with Crippen molar-refractivity contribution in [2.45, 2.75) is 38.3 Å². The van der Waals surface area contributed by atoms with E-state index in [1.165, 1.54) is 12.1 Å². The molecule has 5 heteroatoms. The molecule has 1 heterocycles. The summed E-state index contributed by atoms with van der Waals surface area (Å²) in [6, 6.07) is 6.42. The molecule has 0 bridgehead atoms. The molecule has 0 radical (unpaired) electrons. The van der Waals surface area contributed by atoms with Gasteiger partial charge >= 0.3 is 0 Å². The fraction of sp³-hybridized carbons (Fsp3) is 0.562. The lowest BCUT2D eigenvalue weighted by Crippen LogP contribution is -2.49. The van der Waals surface area contributed by atoms with E-state index in [-0.39, 0.29) is 17.8 Å². The molecule has 0 aromatic heterocycles. The normalized spacial score (nSPS) is 19.4. The largest absolute Gasteiger partial charge is 0.355 e. The molecule has 116 valence electrons. The predicted molar refractivity (Wildman–Crippen MR) is 81.1 cm³/mol. The van der Waals surface area contributed by atoms with Crippen LogP contribution in [0.4, 0.5) is 4.39 Å². The third kappa shape index (κ3) is 4.79. The van der Waals surface area contributed by atoms with E-state index in [1.54, 1.807) is 12.1 Å². The molecule has 1 aromatic carbocycles. The number of nitrogens with zero attached hydrogens (tertiary/aromatic N) is 1. The van der Waals surface area contributed by atoms with Gasteiger partial charge in [-0.3, -0.25) is 9.69 Å². The van der Waals surface area contributed by atoms with Crippen LogP contribution in [-0.4, -0.2) is 36.5 Å². The highest BCUT2D eigenvalue weighted by Gasteiger charge is 2.28. The zero-order valence-corrected chi connectivity index (χ0v) is 12.4. The summed E-state index contributed by atoms with van der Waals surface area (Å²) >= 11 is 0. The molecule has 1 aromatic rings. The van der Waals surface area contributed by atoms with Crippen molar-refractivity contribution >= 4 is 5.91 Å². The van der Waals surface area contributed by atoms with Crippen LogP contribution in [0, 0.1) is 5.82 Å². The van der Waals surface area contributed by atoms with E-state index in [0.29, 0.717) is 19.6 Å². The number of piperidine rings is 1. The quantitative estimate of drug-likeness (QED) is 0.784. The van der Waals surface area contributed by atoms with Gasteiger partial charge in [0.05, 0.1) is 6.04 Å². The summed E-state index contributed by atoms with van der Waals surface area (Å²) in [7, 11) is 0. The highest BCUT2D eigenvalue weighted by atomic mass is 19.1. The molecule has 0 saturated carbocycles. The van der Waals surface area contributed by atoms with Crippen molar-refractivity contribution < 1.29 is 9.18 Å². The number of hydrogen-bond donors (Lipinski definition) is 2. The number of amides is 1. The Labute approximate surface area is 125 Å². The second-order valence-electron chi connectivity index (χ2n) is 5.54. The van der Waals surface area contributed by atoms with Crippen molar-refractivity contribution in [2.75, 3.05) is 19.6 Å². The number of likely N-dealkylation sites (tertiary alicyclic amines) is 1. The minimum Gasteiger partial charge on any atom is -0.355 e. The van der Waals surface area contributed by atoms with Gasteiger partial charge in [-0.05, 0) is 50.0 Å². The van der Waals surface area contributed by atoms with E-state index in [2.05, 4.69) is 10.2 Å². The molecule has 1 unspecified atom stereocenters. The first kappa shape index (κ1) is 15.9. The van der Waals surface area contributed by atoms with E-state index >= 15 is 0 Å². The van der Waals surface area contributed by atoms with Crippen LogP contribution in [0.25, 0.3) is 0 Å². The Morgan fingerprint density at radius 1 is 1.33 bits per heavy atom. The number of carbonyl (C=O) groups is 1. The summed E-state index contributed by atoms with van der Waals surface area (Å²) in [4.78, 5) is 14.5. The molecule has 0 spiro atoms. The molecule has 2 rings (SSSR count). The van der Waals surface area contributed by atoms with Gasteiger partial charge in [0.1, 0.15) is 5.82 Å². The lowest BCUT2D eigenvalue weighted by molar-refractivity contribution is -0.127. The number of carbonyl (C=O) groups excluding carboxylic acids is 1. The summed E-state index contributed by atoms with van der Waals surface area (Å²) in [6.07, 6.45) is 3.87. The van der Waals surface area contributed by atoms with Crippen molar-refractivity contribution in [1.29, 1.82) is 0 Å². The maximum absolute atomic E-state index is 13.0. The Morgan fingerprint density at radius 2 is 2.10 bits per heavy atom. The highest BCUT2D eigenvalue weighted by molar-refractivity contribution is 5.81. The smallest absolute Gasteiger partial charge is 0.237 e. The average Bonchev–Trinajstić information content (AvgIpc) is 2.50. The van der Waals surface area contributed by atoms with Gasteiger partial charge in [0.15, 0.2) is 0 Å². The molecular formula is C16H24FN3O. The lowest BCUT2D eigenvalue weighted by Gasteiger charge is -2.34. The molecule has 0 aliphatic carbocycles. The van der Waals surface area contributed by atoms with Crippen LogP contribution < -0.4 is 11.1 Å². The predicted octanol–water partition coefficient (Wildman–Crippen LogP) is 1.65. The van der Waals surface area contributed by atoms with Gasteiger partial charge in [0.25, 0.3) is 0 Å². The van der Waals surface area contributed by atoms with Gasteiger partial charge in [-0.1, -0.05) is 18.6 Å². The average molecular weight is 293 g/mol. The molecule has 1 atom stereocenters. The number of benzene rings is 1. The fourth-order valence-electron chi connectivity index (χ4n) is 2.73. The monoisotopic (exact) mass is 293 g/mol. The van der Waals surface area contributed by atoms with Crippen molar-refractivity contribution in [1.82, 2.24) is 10.2 Å². The number of nitrogens with one attached hydrogen (secondary N) is 1. The molecular weight excluding hydrogens is 269 g/mol. The van der Waals surface area contributed by atoms with E-state index in [9.17, 15) is 9.18 Å². The zero-order chi connectivity index (χ0) is 15.1. The van der Waals surface area contributed by atoms with Gasteiger partial charge in [0.2, 0.25) is 5.91 Å². The third-order valence-electron chi connectivity index (χ3n) is 3.90. The van der Waals surface area contributed by atoms with E-state index in [1.807, 2.05) is 0 Å². The minimum atomic E-state index is -0.228. The van der Waals surface area contributed by atoms with Crippen LogP contribution in [0.5, 0.6) is 0 Å². The molecule has 1 aliphatic heterocycles. The van der Waals surface area contributed by atoms with E-state index < -0.39 is 0 Å². The van der Waals surface area contributed by atoms with Gasteiger partial charge in [-0.15, -0.1) is 0 Å². The first-order valence-electron chi connectivity index (χ1n) is 7.67. The van der Waals surface area contributed by atoms with Crippen LogP contribution in [-0.2, 0) is 11.3 Å². The van der Waals surface area contributed by atoms with Gasteiger partial charge in [-0.25, -0.2) is 4.39 Å². The topological polar surface area (TPSA) is 58.4 Å². The Bertz CT molecular complexity index is 449. The first-order valence-corrected chi connectivity index (χ1v) is 7.67. The van der Waals surface area contributed by atoms with Crippen LogP contribution in [0.1, 0.15) is 31.2 Å². The Balaban J connectivity index is 1.94. The molecule has 21 heavy (non-hydrogen) atoms. The van der Waals surface area contributed by atoms with E-state index in [0.717, 1.165) is 37.8 Å². The van der Waals surface area contributed by atoms with Crippen molar-refractivity contribution in [3.05, 3.63) is 35.6 Å². The fourth-order valence-corrected chi connectivity index (χ4v) is 2.73. The maximum Gasteiger partial charge on any atom is 0.237 e. The van der Waals surface area contributed by atoms with Crippen LogP contribution in [0.2, 0.25) is 0 Å². The third-order valence-corrected chi connectivity index (χ3v) is 3.90. The van der Waals surface area contributed by atoms with Crippen molar-refractivity contribution in [3.8, 4) is 0 Å². The second kappa shape index (κ2) is 8.10. The van der Waals surface area contributed by atoms with Crippen molar-refractivity contribution in [3.63, 3.8) is 0 Å². The van der Waals surface area contributed by atoms with Gasteiger partial charge in [-0.2, -0.15) is 0 Å². The summed E-state index contributed by atoms with van der Waals surface area (Å²) in [5, 5.41) is 2.96.